The number of nitrogens with one attached hydrogen (secondary N) is 1. The van der Waals surface area contributed by atoms with Crippen LogP contribution in [0.3, 0.4) is 0 Å². The molecule has 0 saturated heterocycles. The summed E-state index contributed by atoms with van der Waals surface area (Å²) in [4.78, 5) is 0. The van der Waals surface area contributed by atoms with Crippen LogP contribution in [0, 0.1) is 5.82 Å². The van der Waals surface area contributed by atoms with E-state index in [0.717, 1.165) is 23.6 Å². The second-order valence-corrected chi connectivity index (χ2v) is 4.83. The maximum atomic E-state index is 12.8. The number of hydrogen-bond acceptors (Lipinski definition) is 2. The van der Waals surface area contributed by atoms with Gasteiger partial charge in [-0.3, -0.25) is 0 Å². The number of rotatable bonds is 7. The fourth-order valence-electron chi connectivity index (χ4n) is 1.20. The standard InChI is InChI=1S/C12H15ClFNS/c1-2-6-16-7-5-15-9-10-3-4-11(14)8-12(10)13/h2-4,8,15H,1,5-7,9H2. The molecule has 0 atom stereocenters. The first kappa shape index (κ1) is 13.6. The first-order valence-electron chi connectivity index (χ1n) is 5.07. The minimum Gasteiger partial charge on any atom is -0.312 e. The highest BCUT2D eigenvalue weighted by molar-refractivity contribution is 7.99. The van der Waals surface area contributed by atoms with Crippen molar-refractivity contribution in [2.45, 2.75) is 6.54 Å². The van der Waals surface area contributed by atoms with Gasteiger partial charge in [0.05, 0.1) is 0 Å². The summed E-state index contributed by atoms with van der Waals surface area (Å²) in [5, 5.41) is 3.74. The van der Waals surface area contributed by atoms with Gasteiger partial charge in [-0.15, -0.1) is 6.58 Å². The van der Waals surface area contributed by atoms with Crippen LogP contribution in [0.4, 0.5) is 4.39 Å². The molecule has 1 aromatic rings. The molecule has 0 saturated carbocycles. The molecule has 0 bridgehead atoms. The summed E-state index contributed by atoms with van der Waals surface area (Å²) >= 11 is 7.72. The van der Waals surface area contributed by atoms with E-state index in [1.54, 1.807) is 6.07 Å². The van der Waals surface area contributed by atoms with E-state index in [1.165, 1.54) is 12.1 Å². The van der Waals surface area contributed by atoms with Gasteiger partial charge in [0, 0.05) is 29.6 Å². The van der Waals surface area contributed by atoms with Gasteiger partial charge in [0.2, 0.25) is 0 Å². The molecule has 0 aliphatic heterocycles. The van der Waals surface area contributed by atoms with Crippen LogP contribution in [-0.2, 0) is 6.54 Å². The molecule has 1 nitrogen and oxygen atoms in total. The molecule has 0 amide bonds. The molecule has 0 aliphatic rings. The third kappa shape index (κ3) is 5.01. The zero-order chi connectivity index (χ0) is 11.8. The van der Waals surface area contributed by atoms with Crippen molar-refractivity contribution in [1.29, 1.82) is 0 Å². The number of halogens is 2. The van der Waals surface area contributed by atoms with Gasteiger partial charge in [0.25, 0.3) is 0 Å². The number of thioether (sulfide) groups is 1. The van der Waals surface area contributed by atoms with Crippen LogP contribution >= 0.6 is 23.4 Å². The van der Waals surface area contributed by atoms with E-state index in [-0.39, 0.29) is 5.82 Å². The Labute approximate surface area is 105 Å². The SMILES string of the molecule is C=CCSCCNCc1ccc(F)cc1Cl. The highest BCUT2D eigenvalue weighted by Crippen LogP contribution is 2.16. The van der Waals surface area contributed by atoms with Gasteiger partial charge in [-0.1, -0.05) is 23.7 Å². The Morgan fingerprint density at radius 2 is 2.31 bits per heavy atom. The fourth-order valence-corrected chi connectivity index (χ4v) is 2.06. The summed E-state index contributed by atoms with van der Waals surface area (Å²) in [5.74, 6) is 1.71. The zero-order valence-electron chi connectivity index (χ0n) is 9.01. The van der Waals surface area contributed by atoms with E-state index in [9.17, 15) is 4.39 Å². The van der Waals surface area contributed by atoms with Crippen LogP contribution in [0.1, 0.15) is 5.56 Å². The summed E-state index contributed by atoms with van der Waals surface area (Å²) in [6.07, 6.45) is 1.89. The second kappa shape index (κ2) is 7.71. The van der Waals surface area contributed by atoms with E-state index in [0.29, 0.717) is 11.6 Å². The van der Waals surface area contributed by atoms with Crippen LogP contribution in [-0.4, -0.2) is 18.1 Å². The van der Waals surface area contributed by atoms with Crippen molar-refractivity contribution < 1.29 is 4.39 Å². The van der Waals surface area contributed by atoms with Crippen molar-refractivity contribution in [2.75, 3.05) is 18.1 Å². The molecule has 88 valence electrons. The number of hydrogen-bond donors (Lipinski definition) is 1. The van der Waals surface area contributed by atoms with Crippen LogP contribution in [0.25, 0.3) is 0 Å². The molecule has 0 fully saturated rings. The van der Waals surface area contributed by atoms with Crippen molar-refractivity contribution in [3.8, 4) is 0 Å². The Hall–Kier alpha value is -0.510. The van der Waals surface area contributed by atoms with Crippen LogP contribution in [0.5, 0.6) is 0 Å². The average molecular weight is 260 g/mol. The summed E-state index contributed by atoms with van der Waals surface area (Å²) in [5.41, 5.74) is 0.928. The van der Waals surface area contributed by atoms with E-state index in [4.69, 9.17) is 11.6 Å². The van der Waals surface area contributed by atoms with E-state index >= 15 is 0 Å². The summed E-state index contributed by atoms with van der Waals surface area (Å²) < 4.78 is 12.8. The van der Waals surface area contributed by atoms with Gasteiger partial charge in [0.15, 0.2) is 0 Å². The van der Waals surface area contributed by atoms with Crippen molar-refractivity contribution in [3.05, 3.63) is 47.3 Å². The van der Waals surface area contributed by atoms with Crippen molar-refractivity contribution in [3.63, 3.8) is 0 Å². The Morgan fingerprint density at radius 3 is 3.00 bits per heavy atom. The van der Waals surface area contributed by atoms with Crippen molar-refractivity contribution in [1.82, 2.24) is 5.32 Å². The van der Waals surface area contributed by atoms with Crippen LogP contribution < -0.4 is 5.32 Å². The smallest absolute Gasteiger partial charge is 0.124 e. The molecular formula is C12H15ClFNS. The Balaban J connectivity index is 2.24. The molecule has 0 heterocycles. The van der Waals surface area contributed by atoms with Gasteiger partial charge in [-0.25, -0.2) is 4.39 Å². The first-order valence-corrected chi connectivity index (χ1v) is 6.60. The molecule has 1 rings (SSSR count). The minimum atomic E-state index is -0.296. The maximum Gasteiger partial charge on any atom is 0.124 e. The normalized spacial score (nSPS) is 10.4. The lowest BCUT2D eigenvalue weighted by Crippen LogP contribution is -2.16. The maximum absolute atomic E-state index is 12.8. The predicted molar refractivity (Wildman–Crippen MR) is 70.6 cm³/mol. The summed E-state index contributed by atoms with van der Waals surface area (Å²) in [6, 6.07) is 4.47. The van der Waals surface area contributed by atoms with E-state index in [1.807, 2.05) is 17.8 Å². The highest BCUT2D eigenvalue weighted by Gasteiger charge is 2.00. The third-order valence-corrected chi connectivity index (χ3v) is 3.31. The average Bonchev–Trinajstić information content (AvgIpc) is 2.26. The Bertz CT molecular complexity index is 344. The van der Waals surface area contributed by atoms with Gasteiger partial charge < -0.3 is 5.32 Å². The zero-order valence-corrected chi connectivity index (χ0v) is 10.6. The first-order chi connectivity index (χ1) is 7.74. The molecule has 4 heteroatoms. The van der Waals surface area contributed by atoms with Crippen molar-refractivity contribution >= 4 is 23.4 Å². The predicted octanol–water partition coefficient (Wildman–Crippen LogP) is 3.49. The van der Waals surface area contributed by atoms with Gasteiger partial charge in [-0.05, 0) is 17.7 Å². The molecule has 1 N–H and O–H groups in total. The highest BCUT2D eigenvalue weighted by atomic mass is 35.5. The Morgan fingerprint density at radius 1 is 1.50 bits per heavy atom. The van der Waals surface area contributed by atoms with Crippen LogP contribution in [0.15, 0.2) is 30.9 Å². The van der Waals surface area contributed by atoms with E-state index < -0.39 is 0 Å². The second-order valence-electron chi connectivity index (χ2n) is 3.28. The third-order valence-electron chi connectivity index (χ3n) is 1.99. The monoisotopic (exact) mass is 259 g/mol. The molecule has 0 spiro atoms. The largest absolute Gasteiger partial charge is 0.312 e. The summed E-state index contributed by atoms with van der Waals surface area (Å²) in [7, 11) is 0. The lowest BCUT2D eigenvalue weighted by atomic mass is 10.2. The lowest BCUT2D eigenvalue weighted by Gasteiger charge is -2.06. The molecule has 0 aliphatic carbocycles. The van der Waals surface area contributed by atoms with Crippen LogP contribution in [0.2, 0.25) is 5.02 Å². The molecular weight excluding hydrogens is 245 g/mol. The van der Waals surface area contributed by atoms with Gasteiger partial charge in [0.1, 0.15) is 5.82 Å². The number of benzene rings is 1. The lowest BCUT2D eigenvalue weighted by molar-refractivity contribution is 0.626. The van der Waals surface area contributed by atoms with E-state index in [2.05, 4.69) is 11.9 Å². The summed E-state index contributed by atoms with van der Waals surface area (Å²) in [6.45, 7) is 5.24. The molecule has 0 radical (unpaired) electrons. The topological polar surface area (TPSA) is 12.0 Å². The Kier molecular flexibility index (Phi) is 6.53. The minimum absolute atomic E-state index is 0.296. The quantitative estimate of drug-likeness (QED) is 0.594. The molecule has 0 aromatic heterocycles. The van der Waals surface area contributed by atoms with Gasteiger partial charge in [-0.2, -0.15) is 11.8 Å². The molecule has 16 heavy (non-hydrogen) atoms. The van der Waals surface area contributed by atoms with Gasteiger partial charge >= 0.3 is 0 Å². The van der Waals surface area contributed by atoms with Crippen molar-refractivity contribution in [2.24, 2.45) is 0 Å². The molecule has 0 unspecified atom stereocenters. The molecule has 1 aromatic carbocycles. The fraction of sp³-hybridized carbons (Fsp3) is 0.333.